The first-order valence-corrected chi connectivity index (χ1v) is 22.0. The van der Waals surface area contributed by atoms with Gasteiger partial charge in [0.25, 0.3) is 6.47 Å². The zero-order valence-electron chi connectivity index (χ0n) is 33.5. The Balaban J connectivity index is -0.000000783. The highest BCUT2D eigenvalue weighted by Crippen LogP contribution is 2.13. The minimum Gasteiger partial charge on any atom is -0.468 e. The van der Waals surface area contributed by atoms with Gasteiger partial charge >= 0.3 is 5.97 Å². The number of ether oxygens (including phenoxy) is 2. The molecule has 0 heterocycles. The van der Waals surface area contributed by atoms with Crippen molar-refractivity contribution in [3.8, 4) is 0 Å². The lowest BCUT2D eigenvalue weighted by molar-refractivity contribution is -0.144. The minimum absolute atomic E-state index is 0.0478. The number of esters is 1. The maximum absolute atomic E-state index is 11.8. The van der Waals surface area contributed by atoms with Gasteiger partial charge < -0.3 is 19.3 Å². The number of carbonyl (C=O) groups excluding carboxylic acids is 2. The van der Waals surface area contributed by atoms with E-state index in [2.05, 4.69) is 60.6 Å². The van der Waals surface area contributed by atoms with E-state index in [1.807, 2.05) is 14.1 Å². The Labute approximate surface area is 318 Å². The average molecular weight is 735 g/mol. The fourth-order valence-corrected chi connectivity index (χ4v) is 6.20. The van der Waals surface area contributed by atoms with Gasteiger partial charge in [0.05, 0.1) is 19.6 Å². The van der Waals surface area contributed by atoms with Crippen molar-refractivity contribution in [2.75, 3.05) is 65.0 Å². The van der Waals surface area contributed by atoms with Crippen molar-refractivity contribution in [1.82, 2.24) is 9.80 Å². The number of thiol groups is 2. The van der Waals surface area contributed by atoms with Gasteiger partial charge in [0.2, 0.25) is 0 Å². The summed E-state index contributed by atoms with van der Waals surface area (Å²) in [6, 6.07) is 0. The minimum atomic E-state index is -0.0478. The molecule has 0 rings (SSSR count). The Hall–Kier alpha value is -0.440. The summed E-state index contributed by atoms with van der Waals surface area (Å²) in [5.74, 6) is 1.74. The highest BCUT2D eigenvalue weighted by atomic mass is 32.1. The molecule has 6 nitrogen and oxygen atoms in total. The second-order valence-electron chi connectivity index (χ2n) is 13.8. The number of rotatable bonds is 36. The predicted octanol–water partition coefficient (Wildman–Crippen LogP) is 11.6. The summed E-state index contributed by atoms with van der Waals surface area (Å²) in [7, 11) is 4.08. The summed E-state index contributed by atoms with van der Waals surface area (Å²) in [6.07, 6.45) is 33.6. The molecule has 0 aromatic rings. The van der Waals surface area contributed by atoms with Crippen molar-refractivity contribution in [1.29, 1.82) is 0 Å². The zero-order chi connectivity index (χ0) is 36.9. The molecule has 0 spiro atoms. The van der Waals surface area contributed by atoms with Crippen molar-refractivity contribution in [3.05, 3.63) is 0 Å². The maximum atomic E-state index is 11.8. The molecule has 0 N–H and O–H groups in total. The van der Waals surface area contributed by atoms with Crippen LogP contribution in [0.2, 0.25) is 0 Å². The normalized spacial score (nSPS) is 10.8. The molecule has 296 valence electrons. The van der Waals surface area contributed by atoms with Crippen molar-refractivity contribution in [2.45, 2.75) is 188 Å². The van der Waals surface area contributed by atoms with Gasteiger partial charge in [-0.3, -0.25) is 9.59 Å². The van der Waals surface area contributed by atoms with Gasteiger partial charge in [-0.2, -0.15) is 25.3 Å². The van der Waals surface area contributed by atoms with E-state index < -0.39 is 0 Å². The van der Waals surface area contributed by atoms with Crippen LogP contribution in [0.5, 0.6) is 0 Å². The third kappa shape index (κ3) is 54.5. The monoisotopic (exact) mass is 735 g/mol. The van der Waals surface area contributed by atoms with E-state index in [-0.39, 0.29) is 5.97 Å². The molecule has 0 bridgehead atoms. The van der Waals surface area contributed by atoms with E-state index in [0.717, 1.165) is 56.9 Å². The molecule has 0 aromatic heterocycles. The van der Waals surface area contributed by atoms with Gasteiger partial charge in [0.1, 0.15) is 0 Å². The number of hydrogen-bond acceptors (Lipinski definition) is 8. The van der Waals surface area contributed by atoms with E-state index >= 15 is 0 Å². The van der Waals surface area contributed by atoms with Gasteiger partial charge in [-0.15, -0.1) is 0 Å². The molecule has 0 aliphatic heterocycles. The second-order valence-corrected chi connectivity index (χ2v) is 14.7. The van der Waals surface area contributed by atoms with E-state index in [1.165, 1.54) is 141 Å². The van der Waals surface area contributed by atoms with Crippen LogP contribution in [0, 0.1) is 0 Å². The lowest BCUT2D eigenvalue weighted by Gasteiger charge is -2.19. The number of nitrogens with zero attached hydrogens (tertiary/aromatic N) is 2. The average Bonchev–Trinajstić information content (AvgIpc) is 3.08. The molecule has 0 unspecified atom stereocenters. The molecular weight excluding hydrogens is 649 g/mol. The summed E-state index contributed by atoms with van der Waals surface area (Å²) in [5, 5.41) is 0. The molecule has 0 aliphatic carbocycles. The van der Waals surface area contributed by atoms with Crippen LogP contribution >= 0.6 is 25.3 Å². The maximum Gasteiger partial charge on any atom is 0.307 e. The van der Waals surface area contributed by atoms with Crippen LogP contribution in [0.3, 0.4) is 0 Å². The number of unbranched alkanes of at least 4 members (excludes halogenated alkanes) is 22. The predicted molar refractivity (Wildman–Crippen MR) is 223 cm³/mol. The fourth-order valence-electron chi connectivity index (χ4n) is 5.52. The molecule has 0 amide bonds. The molecule has 8 heteroatoms. The summed E-state index contributed by atoms with van der Waals surface area (Å²) in [4.78, 5) is 26.1. The van der Waals surface area contributed by atoms with Gasteiger partial charge in [-0.05, 0) is 39.9 Å². The van der Waals surface area contributed by atoms with E-state index in [9.17, 15) is 9.59 Å². The van der Waals surface area contributed by atoms with E-state index in [0.29, 0.717) is 26.1 Å². The van der Waals surface area contributed by atoms with Crippen LogP contribution in [-0.4, -0.2) is 87.2 Å². The van der Waals surface area contributed by atoms with Crippen LogP contribution in [0.15, 0.2) is 0 Å². The third-order valence-electron chi connectivity index (χ3n) is 8.58. The van der Waals surface area contributed by atoms with Gasteiger partial charge in [-0.1, -0.05) is 162 Å². The molecule has 0 radical (unpaired) electrons. The molecule has 0 saturated heterocycles. The van der Waals surface area contributed by atoms with E-state index in [1.54, 1.807) is 0 Å². The van der Waals surface area contributed by atoms with Crippen LogP contribution in [0.25, 0.3) is 0 Å². The highest BCUT2D eigenvalue weighted by Gasteiger charge is 2.08. The Morgan fingerprint density at radius 3 is 1.22 bits per heavy atom. The quantitative estimate of drug-likeness (QED) is 0.0289. The topological polar surface area (TPSA) is 59.1 Å². The molecular formula is C41H86N2O4S2. The smallest absolute Gasteiger partial charge is 0.307 e. The molecule has 0 saturated carbocycles. The van der Waals surface area contributed by atoms with Crippen molar-refractivity contribution < 1.29 is 19.1 Å². The van der Waals surface area contributed by atoms with Crippen molar-refractivity contribution in [2.24, 2.45) is 0 Å². The Morgan fingerprint density at radius 1 is 0.510 bits per heavy atom. The highest BCUT2D eigenvalue weighted by molar-refractivity contribution is 7.80. The van der Waals surface area contributed by atoms with Gasteiger partial charge in [0, 0.05) is 31.1 Å². The SMILES string of the molecule is CCCCCCCCCCCCCCOC(=O)CCN(CCC)CCS.CCCCCCCCCCCCCCOC=O.CN(C)CCS. The zero-order valence-corrected chi connectivity index (χ0v) is 35.3. The number of carbonyl (C=O) groups is 2. The molecule has 0 fully saturated rings. The number of hydrogen-bond donors (Lipinski definition) is 2. The lowest BCUT2D eigenvalue weighted by atomic mass is 10.1. The van der Waals surface area contributed by atoms with Crippen LogP contribution in [0.1, 0.15) is 188 Å². The largest absolute Gasteiger partial charge is 0.468 e. The molecule has 0 aromatic carbocycles. The van der Waals surface area contributed by atoms with Gasteiger partial charge in [-0.25, -0.2) is 0 Å². The first kappa shape index (κ1) is 52.9. The summed E-state index contributed by atoms with van der Waals surface area (Å²) in [5.41, 5.74) is 0. The van der Waals surface area contributed by atoms with Crippen molar-refractivity contribution >= 4 is 37.7 Å². The van der Waals surface area contributed by atoms with Crippen LogP contribution < -0.4 is 0 Å². The molecule has 0 aliphatic rings. The summed E-state index contributed by atoms with van der Waals surface area (Å²) in [6.45, 7) is 12.3. The second kappa shape index (κ2) is 49.7. The summed E-state index contributed by atoms with van der Waals surface area (Å²) >= 11 is 8.29. The first-order valence-electron chi connectivity index (χ1n) is 20.7. The standard InChI is InChI=1S/C22H45NO2S.C15H30O2.C4H11NS/c1-3-5-6-7-8-9-10-11-12-13-14-15-20-25-22(24)16-18-23(17-4-2)19-21-26;1-2-3-4-5-6-7-8-9-10-11-12-13-14-17-15-16;1-5(2)3-4-6/h26H,3-21H2,1-2H3;15H,2-14H2,1H3;6H,3-4H2,1-2H3. The summed E-state index contributed by atoms with van der Waals surface area (Å²) < 4.78 is 10.0. The third-order valence-corrected chi connectivity index (χ3v) is 8.98. The van der Waals surface area contributed by atoms with Gasteiger partial charge in [0.15, 0.2) is 0 Å². The Morgan fingerprint density at radius 2 is 0.898 bits per heavy atom. The van der Waals surface area contributed by atoms with E-state index in [4.69, 9.17) is 4.74 Å². The lowest BCUT2D eigenvalue weighted by Crippen LogP contribution is -2.29. The molecule has 0 atom stereocenters. The van der Waals surface area contributed by atoms with Crippen LogP contribution in [-0.2, 0) is 19.1 Å². The Kier molecular flexibility index (Phi) is 53.6. The van der Waals surface area contributed by atoms with Crippen LogP contribution in [0.4, 0.5) is 0 Å². The van der Waals surface area contributed by atoms with Crippen molar-refractivity contribution in [3.63, 3.8) is 0 Å². The Bertz CT molecular complexity index is 608. The molecule has 49 heavy (non-hydrogen) atoms. The fraction of sp³-hybridized carbons (Fsp3) is 0.951. The first-order chi connectivity index (χ1) is 23.9.